The van der Waals surface area contributed by atoms with Crippen molar-refractivity contribution in [3.05, 3.63) is 29.6 Å². The Balaban J connectivity index is 1.66. The maximum absolute atomic E-state index is 13.3. The number of rotatable bonds is 5. The van der Waals surface area contributed by atoms with Crippen LogP contribution in [-0.2, 0) is 0 Å². The van der Waals surface area contributed by atoms with Crippen molar-refractivity contribution in [1.29, 1.82) is 0 Å². The Morgan fingerprint density at radius 1 is 1.22 bits per heavy atom. The van der Waals surface area contributed by atoms with Crippen molar-refractivity contribution in [1.82, 2.24) is 0 Å². The Morgan fingerprint density at radius 3 is 2.72 bits per heavy atom. The van der Waals surface area contributed by atoms with Gasteiger partial charge in [0.15, 0.2) is 0 Å². The molecule has 0 saturated heterocycles. The van der Waals surface area contributed by atoms with Gasteiger partial charge in [0.05, 0.1) is 6.61 Å². The third-order valence-corrected chi connectivity index (χ3v) is 3.89. The standard InChI is InChI=1S/C16H23FO/c1-13-9-10-15(12-16(13)17)18-11-5-8-14-6-3-2-4-7-14/h9-10,12,14H,2-8,11H2,1H3. The summed E-state index contributed by atoms with van der Waals surface area (Å²) in [6.45, 7) is 2.47. The molecule has 0 radical (unpaired) electrons. The topological polar surface area (TPSA) is 9.23 Å². The summed E-state index contributed by atoms with van der Waals surface area (Å²) in [5.41, 5.74) is 0.671. The molecule has 1 fully saturated rings. The van der Waals surface area contributed by atoms with Gasteiger partial charge < -0.3 is 4.74 Å². The van der Waals surface area contributed by atoms with Crippen molar-refractivity contribution >= 4 is 0 Å². The van der Waals surface area contributed by atoms with E-state index in [0.717, 1.165) is 12.3 Å². The Hall–Kier alpha value is -1.05. The first kappa shape index (κ1) is 13.4. The van der Waals surface area contributed by atoms with E-state index < -0.39 is 0 Å². The molecular weight excluding hydrogens is 227 g/mol. The largest absolute Gasteiger partial charge is 0.493 e. The minimum atomic E-state index is -0.181. The number of halogens is 1. The summed E-state index contributed by atoms with van der Waals surface area (Å²) < 4.78 is 18.9. The van der Waals surface area contributed by atoms with Crippen molar-refractivity contribution in [2.24, 2.45) is 5.92 Å². The molecule has 100 valence electrons. The van der Waals surface area contributed by atoms with E-state index in [1.165, 1.54) is 44.6 Å². The zero-order valence-electron chi connectivity index (χ0n) is 11.3. The van der Waals surface area contributed by atoms with Crippen LogP contribution in [0.4, 0.5) is 4.39 Å². The molecule has 18 heavy (non-hydrogen) atoms. The number of ether oxygens (including phenoxy) is 1. The first-order valence-electron chi connectivity index (χ1n) is 7.14. The Labute approximate surface area is 109 Å². The molecule has 1 aromatic carbocycles. The zero-order valence-corrected chi connectivity index (χ0v) is 11.3. The van der Waals surface area contributed by atoms with E-state index in [4.69, 9.17) is 4.74 Å². The van der Waals surface area contributed by atoms with Crippen molar-refractivity contribution in [2.45, 2.75) is 51.9 Å². The van der Waals surface area contributed by atoms with E-state index in [0.29, 0.717) is 17.9 Å². The molecule has 1 aliphatic carbocycles. The van der Waals surface area contributed by atoms with E-state index in [1.54, 1.807) is 13.0 Å². The summed E-state index contributed by atoms with van der Waals surface area (Å²) in [4.78, 5) is 0. The summed E-state index contributed by atoms with van der Waals surface area (Å²) >= 11 is 0. The van der Waals surface area contributed by atoms with Crippen LogP contribution in [0, 0.1) is 18.7 Å². The van der Waals surface area contributed by atoms with E-state index in [-0.39, 0.29) is 5.82 Å². The molecule has 1 nitrogen and oxygen atoms in total. The lowest BCUT2D eigenvalue weighted by Gasteiger charge is -2.21. The molecule has 1 aromatic rings. The lowest BCUT2D eigenvalue weighted by molar-refractivity contribution is 0.268. The second-order valence-electron chi connectivity index (χ2n) is 5.41. The molecule has 0 atom stereocenters. The predicted molar refractivity (Wildman–Crippen MR) is 72.4 cm³/mol. The molecule has 0 bridgehead atoms. The normalized spacial score (nSPS) is 16.8. The average Bonchev–Trinajstić information content (AvgIpc) is 2.40. The van der Waals surface area contributed by atoms with Gasteiger partial charge in [0.2, 0.25) is 0 Å². The minimum Gasteiger partial charge on any atom is -0.493 e. The summed E-state index contributed by atoms with van der Waals surface area (Å²) in [6.07, 6.45) is 9.33. The lowest BCUT2D eigenvalue weighted by Crippen LogP contribution is -2.08. The fourth-order valence-corrected chi connectivity index (χ4v) is 2.70. The van der Waals surface area contributed by atoms with E-state index in [2.05, 4.69) is 0 Å². The van der Waals surface area contributed by atoms with Crippen LogP contribution in [0.1, 0.15) is 50.5 Å². The van der Waals surface area contributed by atoms with E-state index in [9.17, 15) is 4.39 Å². The summed E-state index contributed by atoms with van der Waals surface area (Å²) in [5.74, 6) is 1.37. The van der Waals surface area contributed by atoms with Crippen molar-refractivity contribution in [3.8, 4) is 5.75 Å². The molecule has 0 amide bonds. The van der Waals surface area contributed by atoms with Crippen molar-refractivity contribution in [2.75, 3.05) is 6.61 Å². The monoisotopic (exact) mass is 250 g/mol. The van der Waals surface area contributed by atoms with Crippen molar-refractivity contribution in [3.63, 3.8) is 0 Å². The molecular formula is C16H23FO. The Bertz CT molecular complexity index is 369. The molecule has 0 N–H and O–H groups in total. The first-order chi connectivity index (χ1) is 8.75. The first-order valence-corrected chi connectivity index (χ1v) is 7.14. The van der Waals surface area contributed by atoms with Crippen LogP contribution < -0.4 is 4.74 Å². The lowest BCUT2D eigenvalue weighted by atomic mass is 9.86. The number of hydrogen-bond acceptors (Lipinski definition) is 1. The number of benzene rings is 1. The van der Waals surface area contributed by atoms with E-state index in [1.807, 2.05) is 6.07 Å². The average molecular weight is 250 g/mol. The summed E-state index contributed by atoms with van der Waals surface area (Å²) in [5, 5.41) is 0. The highest BCUT2D eigenvalue weighted by molar-refractivity contribution is 5.27. The van der Waals surface area contributed by atoms with Gasteiger partial charge in [0.25, 0.3) is 0 Å². The Morgan fingerprint density at radius 2 is 2.00 bits per heavy atom. The van der Waals surface area contributed by atoms with Gasteiger partial charge >= 0.3 is 0 Å². The summed E-state index contributed by atoms with van der Waals surface area (Å²) in [7, 11) is 0. The second-order valence-corrected chi connectivity index (χ2v) is 5.41. The van der Waals surface area contributed by atoms with Gasteiger partial charge in [-0.2, -0.15) is 0 Å². The highest BCUT2D eigenvalue weighted by Crippen LogP contribution is 2.27. The van der Waals surface area contributed by atoms with Gasteiger partial charge in [-0.25, -0.2) is 4.39 Å². The fourth-order valence-electron chi connectivity index (χ4n) is 2.70. The van der Waals surface area contributed by atoms with Gasteiger partial charge in [-0.05, 0) is 37.3 Å². The van der Waals surface area contributed by atoms with Gasteiger partial charge in [0.1, 0.15) is 11.6 Å². The highest BCUT2D eigenvalue weighted by Gasteiger charge is 2.12. The van der Waals surface area contributed by atoms with Gasteiger partial charge in [-0.1, -0.05) is 38.2 Å². The van der Waals surface area contributed by atoms with Crippen LogP contribution in [-0.4, -0.2) is 6.61 Å². The molecule has 1 aliphatic rings. The van der Waals surface area contributed by atoms with Crippen LogP contribution in [0.15, 0.2) is 18.2 Å². The predicted octanol–water partition coefficient (Wildman–Crippen LogP) is 4.87. The maximum Gasteiger partial charge on any atom is 0.129 e. The van der Waals surface area contributed by atoms with Crippen molar-refractivity contribution < 1.29 is 9.13 Å². The van der Waals surface area contributed by atoms with Crippen LogP contribution in [0.5, 0.6) is 5.75 Å². The molecule has 0 aromatic heterocycles. The van der Waals surface area contributed by atoms with Gasteiger partial charge in [0, 0.05) is 6.07 Å². The molecule has 0 unspecified atom stereocenters. The van der Waals surface area contributed by atoms with Crippen LogP contribution in [0.25, 0.3) is 0 Å². The number of aryl methyl sites for hydroxylation is 1. The third kappa shape index (κ3) is 4.01. The van der Waals surface area contributed by atoms with Gasteiger partial charge in [-0.15, -0.1) is 0 Å². The molecule has 0 heterocycles. The molecule has 0 aliphatic heterocycles. The molecule has 1 saturated carbocycles. The highest BCUT2D eigenvalue weighted by atomic mass is 19.1. The second kappa shape index (κ2) is 6.77. The minimum absolute atomic E-state index is 0.181. The zero-order chi connectivity index (χ0) is 12.8. The SMILES string of the molecule is Cc1ccc(OCCCC2CCCCC2)cc1F. The third-order valence-electron chi connectivity index (χ3n) is 3.89. The van der Waals surface area contributed by atoms with Gasteiger partial charge in [-0.3, -0.25) is 0 Å². The summed E-state index contributed by atoms with van der Waals surface area (Å²) in [6, 6.07) is 5.10. The smallest absolute Gasteiger partial charge is 0.129 e. The van der Waals surface area contributed by atoms with Crippen LogP contribution in [0.2, 0.25) is 0 Å². The van der Waals surface area contributed by atoms with Crippen LogP contribution in [0.3, 0.4) is 0 Å². The maximum atomic E-state index is 13.3. The quantitative estimate of drug-likeness (QED) is 0.677. The van der Waals surface area contributed by atoms with Crippen LogP contribution >= 0.6 is 0 Å². The molecule has 2 heteroatoms. The Kier molecular flexibility index (Phi) is 5.03. The fraction of sp³-hybridized carbons (Fsp3) is 0.625. The van der Waals surface area contributed by atoms with E-state index >= 15 is 0 Å². The molecule has 0 spiro atoms. The number of hydrogen-bond donors (Lipinski definition) is 0. The molecule has 2 rings (SSSR count).